The van der Waals surface area contributed by atoms with Crippen LogP contribution in [0.3, 0.4) is 0 Å². The number of methoxy groups -OCH3 is 4. The topological polar surface area (TPSA) is 262 Å². The highest BCUT2D eigenvalue weighted by Gasteiger charge is 2.20. The summed E-state index contributed by atoms with van der Waals surface area (Å²) in [6.45, 7) is 9.62. The molecule has 0 radical (unpaired) electrons. The Morgan fingerprint density at radius 3 is 1.09 bits per heavy atom. The average molecular weight is 929 g/mol. The van der Waals surface area contributed by atoms with E-state index in [0.29, 0.717) is 45.7 Å². The summed E-state index contributed by atoms with van der Waals surface area (Å²) in [5.41, 5.74) is 8.75. The Hall–Kier alpha value is -5.56. The van der Waals surface area contributed by atoms with Crippen LogP contribution in [0.15, 0.2) is 91.0 Å². The Labute approximate surface area is 391 Å². The number of carboxylic acid groups (broad SMARTS) is 2. The molecule has 3 amide bonds. The summed E-state index contributed by atoms with van der Waals surface area (Å²) in [6, 6.07) is 28.6. The lowest BCUT2D eigenvalue weighted by Crippen LogP contribution is -2.43. The second-order valence-electron chi connectivity index (χ2n) is 14.8. The van der Waals surface area contributed by atoms with E-state index in [1.54, 1.807) is 14.0 Å². The van der Waals surface area contributed by atoms with E-state index in [4.69, 9.17) is 35.3 Å². The number of nitrogens with one attached hydrogen (secondary N) is 3. The molecule has 0 aliphatic carbocycles. The summed E-state index contributed by atoms with van der Waals surface area (Å²) in [5.74, 6) is -3.35. The van der Waals surface area contributed by atoms with Crippen LogP contribution in [0.1, 0.15) is 70.1 Å². The van der Waals surface area contributed by atoms with E-state index in [-0.39, 0.29) is 61.6 Å². The number of nitrogens with two attached hydrogens (primary N) is 1. The Balaban J connectivity index is 0. The third-order valence-electron chi connectivity index (χ3n) is 9.39. The molecule has 370 valence electrons. The number of carboxylic acids is 2. The number of hydrogen-bond donors (Lipinski definition) is 7. The molecule has 0 bridgehead atoms. The van der Waals surface area contributed by atoms with E-state index < -0.39 is 29.8 Å². The van der Waals surface area contributed by atoms with Crippen molar-refractivity contribution in [1.82, 2.24) is 16.0 Å². The predicted molar refractivity (Wildman–Crippen MR) is 253 cm³/mol. The molecule has 0 spiro atoms. The maximum Gasteiger partial charge on any atom is 0.308 e. The molecule has 3 aromatic carbocycles. The minimum Gasteiger partial charge on any atom is -0.481 e. The van der Waals surface area contributed by atoms with Gasteiger partial charge in [-0.15, -0.1) is 0 Å². The van der Waals surface area contributed by atoms with Crippen molar-refractivity contribution in [3.05, 3.63) is 108 Å². The van der Waals surface area contributed by atoms with Crippen LogP contribution in [0.5, 0.6) is 0 Å². The number of ketones is 1. The summed E-state index contributed by atoms with van der Waals surface area (Å²) >= 11 is 0. The summed E-state index contributed by atoms with van der Waals surface area (Å²) in [7, 11) is 6.17. The Bertz CT molecular complexity index is 1720. The molecular weight excluding hydrogens is 853 g/mol. The molecule has 0 saturated heterocycles. The van der Waals surface area contributed by atoms with Gasteiger partial charge in [0.25, 0.3) is 0 Å². The first kappa shape index (κ1) is 62.5. The monoisotopic (exact) mass is 929 g/mol. The largest absolute Gasteiger partial charge is 0.481 e. The Kier molecular flexibility index (Phi) is 38.8. The number of carbonyl (C=O) groups excluding carboxylic acids is 4. The number of aliphatic carboxylic acids is 2. The van der Waals surface area contributed by atoms with Crippen LogP contribution in [0.25, 0.3) is 0 Å². The third kappa shape index (κ3) is 32.2. The molecular formula is C49H76N4O13. The van der Waals surface area contributed by atoms with Gasteiger partial charge in [-0.25, -0.2) is 0 Å². The van der Waals surface area contributed by atoms with Gasteiger partial charge in [-0.1, -0.05) is 112 Å². The minimum atomic E-state index is -0.921. The number of carbonyl (C=O) groups is 6. The zero-order valence-corrected chi connectivity index (χ0v) is 40.0. The first-order valence-corrected chi connectivity index (χ1v) is 21.8. The van der Waals surface area contributed by atoms with Gasteiger partial charge in [-0.05, 0) is 42.9 Å². The van der Waals surface area contributed by atoms with Crippen molar-refractivity contribution >= 4 is 35.4 Å². The maximum atomic E-state index is 11.9. The number of rotatable bonds is 25. The molecule has 17 heteroatoms. The third-order valence-corrected chi connectivity index (χ3v) is 9.39. The fraction of sp³-hybridized carbons (Fsp3) is 0.510. The summed E-state index contributed by atoms with van der Waals surface area (Å²) in [5, 5.41) is 33.4. The van der Waals surface area contributed by atoms with Gasteiger partial charge in [-0.2, -0.15) is 0 Å². The highest BCUT2D eigenvalue weighted by atomic mass is 16.5. The van der Waals surface area contributed by atoms with Gasteiger partial charge in [-0.3, -0.25) is 24.0 Å². The van der Waals surface area contributed by atoms with E-state index in [1.165, 1.54) is 28.3 Å². The second kappa shape index (κ2) is 40.9. The molecule has 17 nitrogen and oxygen atoms in total. The van der Waals surface area contributed by atoms with E-state index in [1.807, 2.05) is 105 Å². The van der Waals surface area contributed by atoms with Gasteiger partial charge >= 0.3 is 11.9 Å². The van der Waals surface area contributed by atoms with Crippen LogP contribution in [-0.4, -0.2) is 118 Å². The van der Waals surface area contributed by atoms with Crippen molar-refractivity contribution < 1.29 is 63.0 Å². The molecule has 0 saturated carbocycles. The van der Waals surface area contributed by atoms with Crippen molar-refractivity contribution in [2.75, 3.05) is 61.5 Å². The van der Waals surface area contributed by atoms with Gasteiger partial charge in [0.15, 0.2) is 0 Å². The molecule has 0 fully saturated rings. The normalized spacial score (nSPS) is 12.3. The highest BCUT2D eigenvalue weighted by Crippen LogP contribution is 2.07. The van der Waals surface area contributed by atoms with E-state index in [2.05, 4.69) is 20.7 Å². The molecule has 5 atom stereocenters. The number of aliphatic hydroxyl groups is 1. The van der Waals surface area contributed by atoms with E-state index >= 15 is 0 Å². The second-order valence-corrected chi connectivity index (χ2v) is 14.8. The van der Waals surface area contributed by atoms with Crippen molar-refractivity contribution in [3.63, 3.8) is 0 Å². The molecule has 0 unspecified atom stereocenters. The molecule has 66 heavy (non-hydrogen) atoms. The zero-order chi connectivity index (χ0) is 50.1. The Morgan fingerprint density at radius 2 is 0.818 bits per heavy atom. The lowest BCUT2D eigenvalue weighted by atomic mass is 10.0. The first-order valence-electron chi connectivity index (χ1n) is 21.8. The number of amides is 3. The Morgan fingerprint density at radius 1 is 0.500 bits per heavy atom. The zero-order valence-electron chi connectivity index (χ0n) is 40.0. The van der Waals surface area contributed by atoms with Gasteiger partial charge in [0.05, 0.1) is 56.7 Å². The van der Waals surface area contributed by atoms with Gasteiger partial charge < -0.3 is 60.7 Å². The van der Waals surface area contributed by atoms with Gasteiger partial charge in [0.2, 0.25) is 17.7 Å². The summed E-state index contributed by atoms with van der Waals surface area (Å²) in [4.78, 5) is 66.3. The number of benzene rings is 3. The van der Waals surface area contributed by atoms with Crippen molar-refractivity contribution in [3.8, 4) is 0 Å². The average Bonchev–Trinajstić information content (AvgIpc) is 3.32. The van der Waals surface area contributed by atoms with Crippen LogP contribution in [0.4, 0.5) is 0 Å². The molecule has 8 N–H and O–H groups in total. The lowest BCUT2D eigenvalue weighted by molar-refractivity contribution is -0.144. The van der Waals surface area contributed by atoms with Crippen molar-refractivity contribution in [2.24, 2.45) is 29.4 Å². The maximum absolute atomic E-state index is 11.9. The lowest BCUT2D eigenvalue weighted by Gasteiger charge is -2.14. The van der Waals surface area contributed by atoms with Gasteiger partial charge in [0.1, 0.15) is 11.8 Å². The molecule has 3 rings (SSSR count). The van der Waals surface area contributed by atoms with Gasteiger partial charge in [0, 0.05) is 54.5 Å². The first-order chi connectivity index (χ1) is 31.6. The summed E-state index contributed by atoms with van der Waals surface area (Å²) in [6.07, 6.45) is 2.14. The van der Waals surface area contributed by atoms with Crippen molar-refractivity contribution in [1.29, 1.82) is 0 Å². The van der Waals surface area contributed by atoms with Crippen LogP contribution in [-0.2, 0) is 67.3 Å². The molecule has 3 aromatic rings. The number of hydrogen-bond acceptors (Lipinski definition) is 12. The van der Waals surface area contributed by atoms with Crippen LogP contribution in [0, 0.1) is 23.7 Å². The highest BCUT2D eigenvalue weighted by molar-refractivity contribution is 5.85. The van der Waals surface area contributed by atoms with Crippen molar-refractivity contribution in [2.45, 2.75) is 79.1 Å². The minimum absolute atomic E-state index is 0.00749. The van der Waals surface area contributed by atoms with E-state index in [0.717, 1.165) is 23.1 Å². The molecule has 0 aliphatic rings. The molecule has 0 aliphatic heterocycles. The summed E-state index contributed by atoms with van der Waals surface area (Å²) < 4.78 is 19.4. The number of ether oxygens (including phenoxy) is 4. The smallest absolute Gasteiger partial charge is 0.308 e. The predicted octanol–water partition coefficient (Wildman–Crippen LogP) is 4.63. The fourth-order valence-electron chi connectivity index (χ4n) is 5.33. The molecule has 0 aromatic heterocycles. The standard InChI is InChI=1S/C14H19NO3.C13H19NO2.C11H16N2O2.C6H12O3.C5H10O3/c1-11(16)8-13(10-18-2)14(17)15-9-12-6-4-3-5-7-12;1-3-12(10-16-2)13(15)14-9-11-7-5-4-6-8-11;1-15-8-10(12)11(14)13-7-9-5-3-2-4-6-9;1-3-5(4-9-2)6(7)8;1-2-4(3-6)5(7)8/h3-7,13H,8-10H2,1-2H3,(H,15,17);4-8,12H,3,9-10H2,1-2H3,(H,14,15);2-6,10H,7-8,12H2,1H3,(H,13,14);5H,3-4H2,1-2H3,(H,7,8);4,6H,2-3H2,1H3,(H,7,8)/t13-;12-;10-;5-;4-/m11111/s1. The van der Waals surface area contributed by atoms with Crippen LogP contribution in [0.2, 0.25) is 0 Å². The quantitative estimate of drug-likeness (QED) is 0.0612. The SMILES string of the molecule is CC[C@H](CO)C(=O)O.CC[C@H](COC)C(=O)NCc1ccccc1.CC[C@H](COC)C(=O)O.COC[C@@H](CC(C)=O)C(=O)NCc1ccccc1.COC[C@@H](N)C(=O)NCc1ccccc1. The van der Waals surface area contributed by atoms with E-state index in [9.17, 15) is 28.8 Å². The van der Waals surface area contributed by atoms with Crippen LogP contribution >= 0.6 is 0 Å². The fourth-order valence-corrected chi connectivity index (χ4v) is 5.33. The number of aliphatic hydroxyl groups excluding tert-OH is 1. The molecule has 0 heterocycles. The van der Waals surface area contributed by atoms with Crippen LogP contribution < -0.4 is 21.7 Å². The number of Topliss-reactive ketones (excluding diaryl/α,β-unsaturated/α-hetero) is 1.